The van der Waals surface area contributed by atoms with E-state index in [4.69, 9.17) is 39.2 Å². The Balaban J connectivity index is 1.53. The van der Waals surface area contributed by atoms with Crippen molar-refractivity contribution in [2.75, 3.05) is 4.90 Å². The molecule has 0 aliphatic rings. The minimum absolute atomic E-state index is 0.198. The summed E-state index contributed by atoms with van der Waals surface area (Å²) in [7, 11) is 31.1. The van der Waals surface area contributed by atoms with Crippen LogP contribution in [0.1, 0.15) is 0 Å². The second-order valence-electron chi connectivity index (χ2n) is 10.3. The molecule has 0 heterocycles. The van der Waals surface area contributed by atoms with Crippen molar-refractivity contribution in [2.24, 2.45) is 0 Å². The quantitative estimate of drug-likeness (QED) is 0.246. The van der Waals surface area contributed by atoms with Crippen molar-refractivity contribution in [1.82, 2.24) is 0 Å². The monoisotopic (exact) mass is 601 g/mol. The van der Waals surface area contributed by atoms with Gasteiger partial charge in [-0.25, -0.2) is 0 Å². The van der Waals surface area contributed by atoms with Crippen LogP contribution < -0.4 is 32.2 Å². The molecular weight excluding hydrogens is 580 g/mol. The van der Waals surface area contributed by atoms with Crippen LogP contribution in [0.5, 0.6) is 0 Å². The summed E-state index contributed by atoms with van der Waals surface area (Å²) in [5, 5.41) is 0. The third kappa shape index (κ3) is 5.79. The predicted molar refractivity (Wildman–Crippen MR) is 192 cm³/mol. The van der Waals surface area contributed by atoms with E-state index in [0.29, 0.717) is 16.5 Å². The smallest absolute Gasteiger partial charge is 0.113 e. The van der Waals surface area contributed by atoms with Crippen LogP contribution in [0.2, 0.25) is 0 Å². The van der Waals surface area contributed by atoms with E-state index in [2.05, 4.69) is 99.7 Å². The molecule has 0 aliphatic heterocycles. The fourth-order valence-electron chi connectivity index (χ4n) is 5.31. The molecular formula is C36H21B5BrN. The van der Waals surface area contributed by atoms with Gasteiger partial charge in [-0.2, -0.15) is 0 Å². The molecule has 192 valence electrons. The third-order valence-corrected chi connectivity index (χ3v) is 8.12. The summed E-state index contributed by atoms with van der Waals surface area (Å²) in [5.74, 6) is 0. The average Bonchev–Trinajstić information content (AvgIpc) is 3.05. The average molecular weight is 602 g/mol. The Morgan fingerprint density at radius 3 is 1.26 bits per heavy atom. The van der Waals surface area contributed by atoms with Crippen LogP contribution >= 0.6 is 15.9 Å². The number of nitrogens with zero attached hydrogens (tertiary/aromatic N) is 1. The molecule has 0 amide bonds. The normalized spacial score (nSPS) is 10.9. The Kier molecular flexibility index (Phi) is 8.28. The van der Waals surface area contributed by atoms with E-state index < -0.39 is 0 Å². The van der Waals surface area contributed by atoms with Crippen LogP contribution in [0.3, 0.4) is 0 Å². The molecule has 0 bridgehead atoms. The number of hydrogen-bond donors (Lipinski definition) is 0. The first kappa shape index (κ1) is 29.0. The molecule has 0 atom stereocenters. The minimum Gasteiger partial charge on any atom is -0.310 e. The Hall–Kier alpha value is -4.08. The Morgan fingerprint density at radius 2 is 0.791 bits per heavy atom. The third-order valence-electron chi connectivity index (χ3n) is 7.59. The maximum Gasteiger partial charge on any atom is 0.113 e. The van der Waals surface area contributed by atoms with E-state index in [1.165, 1.54) is 0 Å². The Bertz CT molecular complexity index is 1820. The van der Waals surface area contributed by atoms with Gasteiger partial charge in [-0.3, -0.25) is 0 Å². The highest BCUT2D eigenvalue weighted by atomic mass is 79.9. The first-order chi connectivity index (χ1) is 20.8. The summed E-state index contributed by atoms with van der Waals surface area (Å²) >= 11 is 3.59. The van der Waals surface area contributed by atoms with Gasteiger partial charge < -0.3 is 4.90 Å². The molecule has 6 aromatic carbocycles. The summed E-state index contributed by atoms with van der Waals surface area (Å²) in [6.07, 6.45) is 0. The van der Waals surface area contributed by atoms with Crippen molar-refractivity contribution in [3.63, 3.8) is 0 Å². The van der Waals surface area contributed by atoms with E-state index in [9.17, 15) is 0 Å². The second-order valence-corrected chi connectivity index (χ2v) is 11.2. The molecule has 0 saturated heterocycles. The molecule has 0 spiro atoms. The van der Waals surface area contributed by atoms with Crippen molar-refractivity contribution in [3.8, 4) is 33.4 Å². The van der Waals surface area contributed by atoms with Crippen molar-refractivity contribution in [3.05, 3.63) is 132 Å². The van der Waals surface area contributed by atoms with Gasteiger partial charge in [-0.1, -0.05) is 99.7 Å². The van der Waals surface area contributed by atoms with Gasteiger partial charge in [0.15, 0.2) is 0 Å². The van der Waals surface area contributed by atoms with Crippen molar-refractivity contribution < 1.29 is 0 Å². The van der Waals surface area contributed by atoms with Crippen molar-refractivity contribution in [2.45, 2.75) is 0 Å². The molecule has 0 N–H and O–H groups in total. The summed E-state index contributed by atoms with van der Waals surface area (Å²) < 4.78 is 0.999. The fourth-order valence-corrected chi connectivity index (χ4v) is 5.57. The van der Waals surface area contributed by atoms with Gasteiger partial charge >= 0.3 is 0 Å². The molecule has 6 rings (SSSR count). The van der Waals surface area contributed by atoms with E-state index in [0.717, 1.165) is 49.4 Å². The molecule has 0 fully saturated rings. The summed E-state index contributed by atoms with van der Waals surface area (Å²) in [6.45, 7) is 0. The number of benzene rings is 6. The lowest BCUT2D eigenvalue weighted by atomic mass is 9.60. The molecule has 7 heteroatoms. The van der Waals surface area contributed by atoms with Crippen LogP contribution in [0.25, 0.3) is 33.4 Å². The standard InChI is InChI=1S/C36H21B5BrN/c37-32-31(33(38)35(40)36(41)34(32)39)24-11-15-28(16-12-24)43(29-17-13-27(42)14-18-29)30-20-25(22-7-3-1-4-8-22)19-26(21-30)23-9-5-2-6-10-23/h1-21H. The lowest BCUT2D eigenvalue weighted by Crippen LogP contribution is -2.55. The molecule has 1 nitrogen and oxygen atoms in total. The fraction of sp³-hybridized carbons (Fsp3) is 0. The first-order valence-electron chi connectivity index (χ1n) is 13.7. The highest BCUT2D eigenvalue weighted by Gasteiger charge is 2.17. The zero-order valence-electron chi connectivity index (χ0n) is 23.3. The number of halogens is 1. The van der Waals surface area contributed by atoms with Gasteiger partial charge in [0.25, 0.3) is 0 Å². The summed E-state index contributed by atoms with van der Waals surface area (Å²) in [5.41, 5.74) is 10.1. The van der Waals surface area contributed by atoms with Crippen LogP contribution in [-0.4, -0.2) is 39.2 Å². The van der Waals surface area contributed by atoms with Crippen LogP contribution in [-0.2, 0) is 0 Å². The largest absolute Gasteiger partial charge is 0.310 e. The Morgan fingerprint density at radius 1 is 0.372 bits per heavy atom. The van der Waals surface area contributed by atoms with E-state index in [1.54, 1.807) is 0 Å². The molecule has 43 heavy (non-hydrogen) atoms. The van der Waals surface area contributed by atoms with E-state index >= 15 is 0 Å². The molecule has 6 aromatic rings. The topological polar surface area (TPSA) is 3.24 Å². The Labute approximate surface area is 268 Å². The molecule has 0 aliphatic carbocycles. The van der Waals surface area contributed by atoms with E-state index in [-0.39, 0.29) is 16.4 Å². The van der Waals surface area contributed by atoms with Gasteiger partial charge in [0.2, 0.25) is 0 Å². The van der Waals surface area contributed by atoms with Gasteiger partial charge in [-0.05, 0) is 88.0 Å². The number of hydrogen-bond acceptors (Lipinski definition) is 1. The molecule has 10 radical (unpaired) electrons. The van der Waals surface area contributed by atoms with Gasteiger partial charge in [-0.15, -0.1) is 16.4 Å². The second kappa shape index (κ2) is 12.3. The summed E-state index contributed by atoms with van der Waals surface area (Å²) in [6, 6.07) is 43.8. The summed E-state index contributed by atoms with van der Waals surface area (Å²) in [4.78, 5) is 2.23. The maximum absolute atomic E-state index is 6.37. The lowest BCUT2D eigenvalue weighted by molar-refractivity contribution is 1.28. The van der Waals surface area contributed by atoms with Gasteiger partial charge in [0, 0.05) is 21.5 Å². The van der Waals surface area contributed by atoms with Crippen LogP contribution in [0.4, 0.5) is 17.1 Å². The predicted octanol–water partition coefficient (Wildman–Crippen LogP) is 4.89. The highest BCUT2D eigenvalue weighted by Crippen LogP contribution is 2.40. The zero-order valence-corrected chi connectivity index (χ0v) is 24.9. The van der Waals surface area contributed by atoms with Crippen molar-refractivity contribution in [1.29, 1.82) is 0 Å². The number of anilines is 3. The van der Waals surface area contributed by atoms with Gasteiger partial charge in [0.05, 0.1) is 0 Å². The minimum atomic E-state index is 0.198. The van der Waals surface area contributed by atoms with Gasteiger partial charge in [0.1, 0.15) is 39.2 Å². The van der Waals surface area contributed by atoms with Crippen molar-refractivity contribution >= 4 is 99.5 Å². The molecule has 0 saturated carbocycles. The number of rotatable bonds is 6. The highest BCUT2D eigenvalue weighted by molar-refractivity contribution is 9.10. The maximum atomic E-state index is 6.37. The van der Waals surface area contributed by atoms with E-state index in [1.807, 2.05) is 48.5 Å². The molecule has 0 aromatic heterocycles. The lowest BCUT2D eigenvalue weighted by Gasteiger charge is -2.27. The van der Waals surface area contributed by atoms with Crippen LogP contribution in [0.15, 0.2) is 132 Å². The van der Waals surface area contributed by atoms with Crippen LogP contribution in [0, 0.1) is 0 Å². The SMILES string of the molecule is [B]c1c([B])c([B])c(-c2ccc(N(c3ccc(Br)cc3)c3cc(-c4ccccc4)cc(-c4ccccc4)c3)cc2)c([B])c1[B]. The molecule has 0 unspecified atom stereocenters. The zero-order chi connectivity index (χ0) is 30.1. The first-order valence-corrected chi connectivity index (χ1v) is 14.5.